The molecule has 0 fully saturated rings. The zero-order valence-electron chi connectivity index (χ0n) is 9.21. The van der Waals surface area contributed by atoms with E-state index in [1.54, 1.807) is 36.6 Å². The van der Waals surface area contributed by atoms with Crippen LogP contribution in [0.5, 0.6) is 0 Å². The molecule has 5 nitrogen and oxygen atoms in total. The van der Waals surface area contributed by atoms with Crippen molar-refractivity contribution in [2.75, 3.05) is 5.32 Å². The van der Waals surface area contributed by atoms with Crippen molar-refractivity contribution in [1.29, 1.82) is 0 Å². The fourth-order valence-corrected chi connectivity index (χ4v) is 1.99. The maximum absolute atomic E-state index is 10.8. The van der Waals surface area contributed by atoms with E-state index in [0.29, 0.717) is 12.1 Å². The third kappa shape index (κ3) is 2.79. The number of nitrogens with one attached hydrogen (secondary N) is 1. The molecule has 0 saturated carbocycles. The molecule has 1 N–H and O–H groups in total. The summed E-state index contributed by atoms with van der Waals surface area (Å²) in [5.41, 5.74) is 1.53. The summed E-state index contributed by atoms with van der Waals surface area (Å²) in [4.78, 5) is 14.5. The molecule has 17 heavy (non-hydrogen) atoms. The molecule has 0 amide bonds. The van der Waals surface area contributed by atoms with Gasteiger partial charge in [-0.25, -0.2) is 4.98 Å². The van der Waals surface area contributed by atoms with Crippen LogP contribution in [0, 0.1) is 17.0 Å². The Morgan fingerprint density at radius 3 is 3.00 bits per heavy atom. The Bertz CT molecular complexity index is 526. The van der Waals surface area contributed by atoms with E-state index >= 15 is 0 Å². The number of benzene rings is 1. The van der Waals surface area contributed by atoms with Gasteiger partial charge in [0.1, 0.15) is 5.01 Å². The van der Waals surface area contributed by atoms with Gasteiger partial charge in [-0.3, -0.25) is 10.1 Å². The molecule has 88 valence electrons. The predicted octanol–water partition coefficient (Wildman–Crippen LogP) is 2.97. The second-order valence-electron chi connectivity index (χ2n) is 3.54. The molecule has 0 aliphatic carbocycles. The summed E-state index contributed by atoms with van der Waals surface area (Å²) in [6.07, 6.45) is 1.74. The monoisotopic (exact) mass is 249 g/mol. The summed E-state index contributed by atoms with van der Waals surface area (Å²) in [5, 5.41) is 16.7. The van der Waals surface area contributed by atoms with Crippen LogP contribution in [0.3, 0.4) is 0 Å². The Hall–Kier alpha value is -1.95. The van der Waals surface area contributed by atoms with Crippen LogP contribution in [-0.4, -0.2) is 9.91 Å². The average molecular weight is 249 g/mol. The molecular weight excluding hydrogens is 238 g/mol. The van der Waals surface area contributed by atoms with E-state index in [2.05, 4.69) is 10.3 Å². The minimum Gasteiger partial charge on any atom is -0.378 e. The van der Waals surface area contributed by atoms with Gasteiger partial charge in [0.05, 0.1) is 11.5 Å². The van der Waals surface area contributed by atoms with Crippen LogP contribution in [0.15, 0.2) is 29.8 Å². The lowest BCUT2D eigenvalue weighted by atomic mass is 10.2. The quantitative estimate of drug-likeness (QED) is 0.668. The van der Waals surface area contributed by atoms with Crippen LogP contribution in [0.25, 0.3) is 0 Å². The molecule has 0 saturated heterocycles. The van der Waals surface area contributed by atoms with Crippen molar-refractivity contribution >= 4 is 22.7 Å². The molecule has 6 heteroatoms. The molecule has 0 aliphatic rings. The van der Waals surface area contributed by atoms with Gasteiger partial charge in [0.25, 0.3) is 5.69 Å². The largest absolute Gasteiger partial charge is 0.378 e. The van der Waals surface area contributed by atoms with E-state index in [-0.39, 0.29) is 10.6 Å². The minimum absolute atomic E-state index is 0.133. The van der Waals surface area contributed by atoms with Gasteiger partial charge in [0.2, 0.25) is 0 Å². The van der Waals surface area contributed by atoms with Crippen molar-refractivity contribution in [2.45, 2.75) is 13.5 Å². The van der Waals surface area contributed by atoms with Gasteiger partial charge in [-0.05, 0) is 13.0 Å². The van der Waals surface area contributed by atoms with E-state index in [1.165, 1.54) is 0 Å². The number of nitro benzene ring substituents is 1. The molecule has 1 heterocycles. The summed E-state index contributed by atoms with van der Waals surface area (Å²) in [6.45, 7) is 2.31. The highest BCUT2D eigenvalue weighted by molar-refractivity contribution is 7.09. The topological polar surface area (TPSA) is 68.1 Å². The first-order chi connectivity index (χ1) is 8.16. The zero-order valence-corrected chi connectivity index (χ0v) is 10.0. The normalized spacial score (nSPS) is 10.2. The second kappa shape index (κ2) is 4.92. The third-order valence-corrected chi connectivity index (χ3v) is 3.11. The number of rotatable bonds is 4. The van der Waals surface area contributed by atoms with Crippen molar-refractivity contribution in [3.8, 4) is 0 Å². The van der Waals surface area contributed by atoms with E-state index in [1.807, 2.05) is 11.4 Å². The van der Waals surface area contributed by atoms with Crippen LogP contribution in [0.1, 0.15) is 10.6 Å². The third-order valence-electron chi connectivity index (χ3n) is 2.33. The van der Waals surface area contributed by atoms with Gasteiger partial charge in [-0.15, -0.1) is 11.3 Å². The number of hydrogen-bond acceptors (Lipinski definition) is 5. The first-order valence-corrected chi connectivity index (χ1v) is 5.92. The van der Waals surface area contributed by atoms with Crippen molar-refractivity contribution in [2.24, 2.45) is 0 Å². The molecule has 1 aromatic carbocycles. The van der Waals surface area contributed by atoms with Crippen LogP contribution in [0.4, 0.5) is 11.4 Å². The average Bonchev–Trinajstić information content (AvgIpc) is 2.80. The smallest absolute Gasteiger partial charge is 0.274 e. The summed E-state index contributed by atoms with van der Waals surface area (Å²) >= 11 is 1.55. The Labute approximate surface area is 102 Å². The number of anilines is 1. The number of nitrogens with zero attached hydrogens (tertiary/aromatic N) is 2. The van der Waals surface area contributed by atoms with Crippen molar-refractivity contribution in [3.05, 3.63) is 50.5 Å². The molecule has 2 aromatic rings. The minimum atomic E-state index is -0.371. The number of hydrogen-bond donors (Lipinski definition) is 1. The van der Waals surface area contributed by atoms with Crippen LogP contribution in [-0.2, 0) is 6.54 Å². The summed E-state index contributed by atoms with van der Waals surface area (Å²) in [5.74, 6) is 0. The van der Waals surface area contributed by atoms with Crippen LogP contribution in [0.2, 0.25) is 0 Å². The Morgan fingerprint density at radius 2 is 2.35 bits per heavy atom. The molecule has 0 atom stereocenters. The highest BCUT2D eigenvalue weighted by Gasteiger charge is 2.10. The first-order valence-electron chi connectivity index (χ1n) is 5.04. The predicted molar refractivity (Wildman–Crippen MR) is 67.3 cm³/mol. The molecule has 1 aromatic heterocycles. The van der Waals surface area contributed by atoms with E-state index in [0.717, 1.165) is 10.7 Å². The highest BCUT2D eigenvalue weighted by atomic mass is 32.1. The van der Waals surface area contributed by atoms with Crippen molar-refractivity contribution in [1.82, 2.24) is 4.98 Å². The number of aromatic nitrogens is 1. The number of thiazole rings is 1. The van der Waals surface area contributed by atoms with E-state index in [4.69, 9.17) is 0 Å². The van der Waals surface area contributed by atoms with Gasteiger partial charge >= 0.3 is 0 Å². The standard InChI is InChI=1S/C11H11N3O2S/c1-8-2-3-9(6-10(8)14(15)16)13-7-11-12-4-5-17-11/h2-6,13H,7H2,1H3. The lowest BCUT2D eigenvalue weighted by Gasteiger charge is -2.05. The van der Waals surface area contributed by atoms with E-state index < -0.39 is 0 Å². The summed E-state index contributed by atoms with van der Waals surface area (Å²) in [7, 11) is 0. The maximum Gasteiger partial charge on any atom is 0.274 e. The second-order valence-corrected chi connectivity index (χ2v) is 4.52. The zero-order chi connectivity index (χ0) is 12.3. The molecule has 0 unspecified atom stereocenters. The van der Waals surface area contributed by atoms with Gasteiger partial charge in [-0.2, -0.15) is 0 Å². The molecule has 0 aliphatic heterocycles. The lowest BCUT2D eigenvalue weighted by Crippen LogP contribution is -2.00. The molecule has 0 bridgehead atoms. The molecule has 2 rings (SSSR count). The fourth-order valence-electron chi connectivity index (χ4n) is 1.43. The molecule has 0 spiro atoms. The number of aryl methyl sites for hydroxylation is 1. The van der Waals surface area contributed by atoms with Crippen molar-refractivity contribution < 1.29 is 4.92 Å². The molecular formula is C11H11N3O2S. The Morgan fingerprint density at radius 1 is 1.53 bits per heavy atom. The number of nitro groups is 1. The SMILES string of the molecule is Cc1ccc(NCc2nccs2)cc1[N+](=O)[O-]. The Balaban J connectivity index is 2.11. The fraction of sp³-hybridized carbons (Fsp3) is 0.182. The van der Waals surface area contributed by atoms with Gasteiger partial charge in [-0.1, -0.05) is 6.07 Å². The maximum atomic E-state index is 10.8. The Kier molecular flexibility index (Phi) is 3.34. The van der Waals surface area contributed by atoms with Crippen LogP contribution >= 0.6 is 11.3 Å². The van der Waals surface area contributed by atoms with Gasteiger partial charge < -0.3 is 5.32 Å². The van der Waals surface area contributed by atoms with Gasteiger partial charge in [0, 0.05) is 28.9 Å². The van der Waals surface area contributed by atoms with E-state index in [9.17, 15) is 10.1 Å². The first kappa shape index (κ1) is 11.5. The summed E-state index contributed by atoms with van der Waals surface area (Å²) in [6, 6.07) is 5.11. The van der Waals surface area contributed by atoms with Crippen molar-refractivity contribution in [3.63, 3.8) is 0 Å². The van der Waals surface area contributed by atoms with Gasteiger partial charge in [0.15, 0.2) is 0 Å². The molecule has 0 radical (unpaired) electrons. The lowest BCUT2D eigenvalue weighted by molar-refractivity contribution is -0.385. The summed E-state index contributed by atoms with van der Waals surface area (Å²) < 4.78 is 0. The van der Waals surface area contributed by atoms with Crippen LogP contribution < -0.4 is 5.32 Å². The highest BCUT2D eigenvalue weighted by Crippen LogP contribution is 2.22.